The van der Waals surface area contributed by atoms with Gasteiger partial charge >= 0.3 is 6.09 Å². The first-order valence-corrected chi connectivity index (χ1v) is 8.02. The number of carbonyl (C=O) groups excluding carboxylic acids is 2. The molecule has 0 spiro atoms. The van der Waals surface area contributed by atoms with Crippen LogP contribution in [0.1, 0.15) is 12.5 Å². The maximum Gasteiger partial charge on any atom is 0.409 e. The molecule has 1 aromatic rings. The summed E-state index contributed by atoms with van der Waals surface area (Å²) in [6.45, 7) is 5.50. The normalized spacial score (nSPS) is 14.9. The Labute approximate surface area is 137 Å². The lowest BCUT2D eigenvalue weighted by Gasteiger charge is -2.34. The molecule has 0 saturated carbocycles. The summed E-state index contributed by atoms with van der Waals surface area (Å²) in [5, 5.41) is 0. The van der Waals surface area contributed by atoms with Gasteiger partial charge in [-0.05, 0) is 19.5 Å². The average Bonchev–Trinajstić information content (AvgIpc) is 2.56. The number of amides is 2. The van der Waals surface area contributed by atoms with Gasteiger partial charge in [-0.15, -0.1) is 0 Å². The minimum absolute atomic E-state index is 0.104. The van der Waals surface area contributed by atoms with Crippen LogP contribution in [-0.2, 0) is 16.1 Å². The van der Waals surface area contributed by atoms with E-state index in [1.165, 1.54) is 5.56 Å². The summed E-state index contributed by atoms with van der Waals surface area (Å²) in [7, 11) is 1.94. The molecule has 1 aliphatic rings. The Morgan fingerprint density at radius 3 is 2.30 bits per heavy atom. The fourth-order valence-corrected chi connectivity index (χ4v) is 2.64. The zero-order valence-corrected chi connectivity index (χ0v) is 13.9. The van der Waals surface area contributed by atoms with Crippen LogP contribution in [0.15, 0.2) is 30.3 Å². The van der Waals surface area contributed by atoms with Crippen molar-refractivity contribution in [1.82, 2.24) is 14.7 Å². The zero-order valence-electron chi connectivity index (χ0n) is 13.9. The Bertz CT molecular complexity index is 513. The Balaban J connectivity index is 1.75. The Hall–Kier alpha value is -2.08. The fourth-order valence-electron chi connectivity index (χ4n) is 2.64. The summed E-state index contributed by atoms with van der Waals surface area (Å²) in [6.07, 6.45) is -0.291. The lowest BCUT2D eigenvalue weighted by atomic mass is 10.2. The molecule has 0 atom stereocenters. The van der Waals surface area contributed by atoms with Gasteiger partial charge in [-0.25, -0.2) is 4.79 Å². The molecule has 6 nitrogen and oxygen atoms in total. The predicted molar refractivity (Wildman–Crippen MR) is 88.0 cm³/mol. The van der Waals surface area contributed by atoms with Crippen molar-refractivity contribution in [2.45, 2.75) is 13.5 Å². The van der Waals surface area contributed by atoms with Gasteiger partial charge in [0.25, 0.3) is 0 Å². The molecule has 2 amide bonds. The molecule has 1 heterocycles. The molecule has 1 saturated heterocycles. The van der Waals surface area contributed by atoms with Crippen molar-refractivity contribution in [3.05, 3.63) is 35.9 Å². The standard InChI is InChI=1S/C17H25N3O3/c1-3-23-17(22)20-11-9-19(10-12-20)16(21)14-18(2)13-15-7-5-4-6-8-15/h4-8H,3,9-14H2,1-2H3. The third-order valence-corrected chi connectivity index (χ3v) is 3.86. The molecule has 0 aromatic heterocycles. The number of piperazine rings is 1. The molecule has 0 aliphatic carbocycles. The van der Waals surface area contributed by atoms with E-state index < -0.39 is 0 Å². The van der Waals surface area contributed by atoms with Gasteiger partial charge in [0, 0.05) is 32.7 Å². The average molecular weight is 319 g/mol. The van der Waals surface area contributed by atoms with E-state index >= 15 is 0 Å². The lowest BCUT2D eigenvalue weighted by molar-refractivity contribution is -0.133. The van der Waals surface area contributed by atoms with Gasteiger partial charge in [0.15, 0.2) is 0 Å². The number of benzene rings is 1. The Morgan fingerprint density at radius 2 is 1.70 bits per heavy atom. The third kappa shape index (κ3) is 5.25. The molecular weight excluding hydrogens is 294 g/mol. The van der Waals surface area contributed by atoms with Crippen molar-refractivity contribution in [3.8, 4) is 0 Å². The highest BCUT2D eigenvalue weighted by atomic mass is 16.6. The maximum absolute atomic E-state index is 12.4. The van der Waals surface area contributed by atoms with Crippen LogP contribution in [0, 0.1) is 0 Å². The number of nitrogens with zero attached hydrogens (tertiary/aromatic N) is 3. The smallest absolute Gasteiger partial charge is 0.409 e. The second kappa shape index (κ2) is 8.53. The SMILES string of the molecule is CCOC(=O)N1CCN(C(=O)CN(C)Cc2ccccc2)CC1. The van der Waals surface area contributed by atoms with Crippen molar-refractivity contribution < 1.29 is 14.3 Å². The van der Waals surface area contributed by atoms with Crippen LogP contribution >= 0.6 is 0 Å². The molecule has 23 heavy (non-hydrogen) atoms. The second-order valence-electron chi connectivity index (χ2n) is 5.72. The number of hydrogen-bond acceptors (Lipinski definition) is 4. The molecule has 0 bridgehead atoms. The molecule has 2 rings (SSSR count). The maximum atomic E-state index is 12.4. The van der Waals surface area contributed by atoms with E-state index in [1.54, 1.807) is 11.8 Å². The molecule has 0 N–H and O–H groups in total. The van der Waals surface area contributed by atoms with E-state index in [-0.39, 0.29) is 12.0 Å². The van der Waals surface area contributed by atoms with Crippen molar-refractivity contribution in [2.75, 3.05) is 46.4 Å². The number of rotatable bonds is 5. The Kier molecular flexibility index (Phi) is 6.40. The topological polar surface area (TPSA) is 53.1 Å². The summed E-state index contributed by atoms with van der Waals surface area (Å²) in [5.41, 5.74) is 1.19. The van der Waals surface area contributed by atoms with E-state index in [0.29, 0.717) is 39.3 Å². The summed E-state index contributed by atoms with van der Waals surface area (Å²) in [5.74, 6) is 0.104. The van der Waals surface area contributed by atoms with Gasteiger partial charge in [-0.2, -0.15) is 0 Å². The fraction of sp³-hybridized carbons (Fsp3) is 0.529. The summed E-state index contributed by atoms with van der Waals surface area (Å²) in [6, 6.07) is 10.1. The third-order valence-electron chi connectivity index (χ3n) is 3.86. The van der Waals surface area contributed by atoms with Crippen LogP contribution in [0.3, 0.4) is 0 Å². The Morgan fingerprint density at radius 1 is 1.09 bits per heavy atom. The monoisotopic (exact) mass is 319 g/mol. The van der Waals surface area contributed by atoms with Gasteiger partial charge in [0.05, 0.1) is 13.2 Å². The lowest BCUT2D eigenvalue weighted by Crippen LogP contribution is -2.52. The van der Waals surface area contributed by atoms with Gasteiger partial charge < -0.3 is 14.5 Å². The van der Waals surface area contributed by atoms with E-state index in [1.807, 2.05) is 35.0 Å². The quantitative estimate of drug-likeness (QED) is 0.824. The van der Waals surface area contributed by atoms with Gasteiger partial charge in [0.1, 0.15) is 0 Å². The van der Waals surface area contributed by atoms with E-state index in [2.05, 4.69) is 12.1 Å². The van der Waals surface area contributed by atoms with Crippen LogP contribution in [0.4, 0.5) is 4.79 Å². The van der Waals surface area contributed by atoms with Crippen LogP contribution in [0.2, 0.25) is 0 Å². The molecule has 1 aromatic carbocycles. The molecule has 1 aliphatic heterocycles. The number of hydrogen-bond donors (Lipinski definition) is 0. The highest BCUT2D eigenvalue weighted by Gasteiger charge is 2.25. The molecule has 6 heteroatoms. The predicted octanol–water partition coefficient (Wildman–Crippen LogP) is 1.42. The first-order chi connectivity index (χ1) is 11.1. The van der Waals surface area contributed by atoms with Crippen LogP contribution in [0.25, 0.3) is 0 Å². The molecule has 0 radical (unpaired) electrons. The van der Waals surface area contributed by atoms with Gasteiger partial charge in [0.2, 0.25) is 5.91 Å². The largest absolute Gasteiger partial charge is 0.450 e. The van der Waals surface area contributed by atoms with Gasteiger partial charge in [-0.1, -0.05) is 30.3 Å². The zero-order chi connectivity index (χ0) is 16.7. The van der Waals surface area contributed by atoms with E-state index in [9.17, 15) is 9.59 Å². The van der Waals surface area contributed by atoms with Crippen LogP contribution in [0.5, 0.6) is 0 Å². The first-order valence-electron chi connectivity index (χ1n) is 8.02. The number of ether oxygens (including phenoxy) is 1. The molecule has 0 unspecified atom stereocenters. The van der Waals surface area contributed by atoms with Gasteiger partial charge in [-0.3, -0.25) is 9.69 Å². The highest BCUT2D eigenvalue weighted by Crippen LogP contribution is 2.07. The summed E-state index contributed by atoms with van der Waals surface area (Å²) in [4.78, 5) is 29.5. The van der Waals surface area contributed by atoms with Crippen molar-refractivity contribution >= 4 is 12.0 Å². The van der Waals surface area contributed by atoms with E-state index in [0.717, 1.165) is 6.54 Å². The summed E-state index contributed by atoms with van der Waals surface area (Å²) >= 11 is 0. The van der Waals surface area contributed by atoms with Crippen LogP contribution < -0.4 is 0 Å². The first kappa shape index (κ1) is 17.3. The number of likely N-dealkylation sites (N-methyl/N-ethyl adjacent to an activating group) is 1. The van der Waals surface area contributed by atoms with Crippen molar-refractivity contribution in [1.29, 1.82) is 0 Å². The minimum atomic E-state index is -0.291. The van der Waals surface area contributed by atoms with Crippen molar-refractivity contribution in [2.24, 2.45) is 0 Å². The second-order valence-corrected chi connectivity index (χ2v) is 5.72. The molecule has 126 valence electrons. The molecule has 1 fully saturated rings. The summed E-state index contributed by atoms with van der Waals surface area (Å²) < 4.78 is 4.98. The molecular formula is C17H25N3O3. The van der Waals surface area contributed by atoms with E-state index in [4.69, 9.17) is 4.74 Å². The number of carbonyl (C=O) groups is 2. The van der Waals surface area contributed by atoms with Crippen LogP contribution in [-0.4, -0.2) is 73.1 Å². The highest BCUT2D eigenvalue weighted by molar-refractivity contribution is 5.78. The van der Waals surface area contributed by atoms with Crippen molar-refractivity contribution in [3.63, 3.8) is 0 Å². The minimum Gasteiger partial charge on any atom is -0.450 e.